The summed E-state index contributed by atoms with van der Waals surface area (Å²) in [4.78, 5) is 0.265. The van der Waals surface area contributed by atoms with Crippen molar-refractivity contribution in [3.05, 3.63) is 23.8 Å². The van der Waals surface area contributed by atoms with Gasteiger partial charge in [-0.15, -0.1) is 0 Å². The fourth-order valence-electron chi connectivity index (χ4n) is 1.38. The Hall–Kier alpha value is -1.07. The number of anilines is 1. The first-order chi connectivity index (χ1) is 7.86. The van der Waals surface area contributed by atoms with Gasteiger partial charge in [-0.1, -0.05) is 26.3 Å². The maximum Gasteiger partial charge on any atom is 0.240 e. The zero-order valence-electron chi connectivity index (χ0n) is 10.5. The molecule has 0 bridgehead atoms. The first-order valence-electron chi connectivity index (χ1n) is 5.72. The molecule has 17 heavy (non-hydrogen) atoms. The zero-order chi connectivity index (χ0) is 13.1. The predicted molar refractivity (Wildman–Crippen MR) is 70.2 cm³/mol. The van der Waals surface area contributed by atoms with Gasteiger partial charge in [-0.3, -0.25) is 0 Å². The number of nitrogen functional groups attached to an aromatic ring is 1. The minimum absolute atomic E-state index is 0.265. The van der Waals surface area contributed by atoms with E-state index in [1.165, 1.54) is 6.07 Å². The molecule has 0 aliphatic rings. The van der Waals surface area contributed by atoms with Gasteiger partial charge in [0, 0.05) is 12.2 Å². The Morgan fingerprint density at radius 1 is 1.41 bits per heavy atom. The standard InChI is InChI=1S/C12H20N2O2S/c1-4-9(2)8-14-17(15,16)12-7-11(13)6-5-10(12)3/h5-7,9,14H,4,8,13H2,1-3H3. The van der Waals surface area contributed by atoms with Crippen molar-refractivity contribution in [1.82, 2.24) is 4.72 Å². The fraction of sp³-hybridized carbons (Fsp3) is 0.500. The topological polar surface area (TPSA) is 72.2 Å². The van der Waals surface area contributed by atoms with Crippen LogP contribution in [-0.2, 0) is 10.0 Å². The number of rotatable bonds is 5. The molecule has 1 rings (SSSR count). The van der Waals surface area contributed by atoms with Gasteiger partial charge < -0.3 is 5.73 Å². The van der Waals surface area contributed by atoms with Crippen LogP contribution in [0.25, 0.3) is 0 Å². The summed E-state index contributed by atoms with van der Waals surface area (Å²) in [6, 6.07) is 4.91. The van der Waals surface area contributed by atoms with Crippen LogP contribution >= 0.6 is 0 Å². The number of hydrogen-bond acceptors (Lipinski definition) is 3. The number of nitrogens with one attached hydrogen (secondary N) is 1. The Morgan fingerprint density at radius 3 is 2.65 bits per heavy atom. The van der Waals surface area contributed by atoms with E-state index in [-0.39, 0.29) is 4.90 Å². The molecule has 0 amide bonds. The first kappa shape index (κ1) is 14.0. The van der Waals surface area contributed by atoms with E-state index in [1.54, 1.807) is 19.1 Å². The van der Waals surface area contributed by atoms with E-state index in [2.05, 4.69) is 4.72 Å². The van der Waals surface area contributed by atoms with Crippen molar-refractivity contribution in [2.24, 2.45) is 5.92 Å². The van der Waals surface area contributed by atoms with Crippen molar-refractivity contribution in [3.8, 4) is 0 Å². The summed E-state index contributed by atoms with van der Waals surface area (Å²) in [6.07, 6.45) is 0.943. The molecule has 0 aromatic heterocycles. The third kappa shape index (κ3) is 3.71. The minimum Gasteiger partial charge on any atom is -0.399 e. The van der Waals surface area contributed by atoms with Crippen molar-refractivity contribution in [3.63, 3.8) is 0 Å². The Morgan fingerprint density at radius 2 is 2.06 bits per heavy atom. The maximum atomic E-state index is 12.1. The highest BCUT2D eigenvalue weighted by molar-refractivity contribution is 7.89. The fourth-order valence-corrected chi connectivity index (χ4v) is 2.82. The van der Waals surface area contributed by atoms with E-state index < -0.39 is 10.0 Å². The molecule has 0 aliphatic carbocycles. The van der Waals surface area contributed by atoms with E-state index in [4.69, 9.17) is 5.73 Å². The van der Waals surface area contributed by atoms with E-state index in [1.807, 2.05) is 13.8 Å². The summed E-state index contributed by atoms with van der Waals surface area (Å²) < 4.78 is 26.7. The van der Waals surface area contributed by atoms with Crippen LogP contribution in [0.5, 0.6) is 0 Å². The van der Waals surface area contributed by atoms with Crippen LogP contribution in [0.4, 0.5) is 5.69 Å². The highest BCUT2D eigenvalue weighted by Gasteiger charge is 2.17. The second-order valence-corrected chi connectivity index (χ2v) is 6.13. The van der Waals surface area contributed by atoms with Crippen LogP contribution in [0.15, 0.2) is 23.1 Å². The Balaban J connectivity index is 2.93. The Kier molecular flexibility index (Phi) is 4.54. The van der Waals surface area contributed by atoms with E-state index in [9.17, 15) is 8.42 Å². The summed E-state index contributed by atoms with van der Waals surface area (Å²) in [5.74, 6) is 0.325. The lowest BCUT2D eigenvalue weighted by molar-refractivity contribution is 0.528. The number of nitrogens with two attached hydrogens (primary N) is 1. The molecular weight excluding hydrogens is 236 g/mol. The third-order valence-corrected chi connectivity index (χ3v) is 4.39. The molecule has 5 heteroatoms. The Labute approximate surface area is 103 Å². The average molecular weight is 256 g/mol. The number of hydrogen-bond donors (Lipinski definition) is 2. The quantitative estimate of drug-likeness (QED) is 0.790. The molecule has 0 radical (unpaired) electrons. The number of sulfonamides is 1. The zero-order valence-corrected chi connectivity index (χ0v) is 11.3. The van der Waals surface area contributed by atoms with Gasteiger partial charge in [-0.25, -0.2) is 13.1 Å². The third-order valence-electron chi connectivity index (χ3n) is 2.82. The molecular formula is C12H20N2O2S. The summed E-state index contributed by atoms with van der Waals surface area (Å²) in [6.45, 7) is 6.25. The molecule has 0 heterocycles. The molecule has 96 valence electrons. The largest absolute Gasteiger partial charge is 0.399 e. The van der Waals surface area contributed by atoms with Crippen LogP contribution in [0.3, 0.4) is 0 Å². The SMILES string of the molecule is CCC(C)CNS(=O)(=O)c1cc(N)ccc1C. The average Bonchev–Trinajstić information content (AvgIpc) is 2.29. The van der Waals surface area contributed by atoms with E-state index in [0.29, 0.717) is 23.7 Å². The summed E-state index contributed by atoms with van der Waals surface area (Å²) in [7, 11) is -3.45. The molecule has 0 saturated carbocycles. The molecule has 4 nitrogen and oxygen atoms in total. The monoisotopic (exact) mass is 256 g/mol. The second-order valence-electron chi connectivity index (χ2n) is 4.39. The van der Waals surface area contributed by atoms with Crippen LogP contribution < -0.4 is 10.5 Å². The lowest BCUT2D eigenvalue weighted by Gasteiger charge is -2.12. The normalized spacial score (nSPS) is 13.6. The van der Waals surface area contributed by atoms with Gasteiger partial charge >= 0.3 is 0 Å². The van der Waals surface area contributed by atoms with Gasteiger partial charge in [0.25, 0.3) is 0 Å². The van der Waals surface area contributed by atoms with Crippen LogP contribution in [0, 0.1) is 12.8 Å². The molecule has 0 fully saturated rings. The van der Waals surface area contributed by atoms with Crippen LogP contribution in [0.1, 0.15) is 25.8 Å². The van der Waals surface area contributed by atoms with Crippen molar-refractivity contribution < 1.29 is 8.42 Å². The molecule has 0 aliphatic heterocycles. The minimum atomic E-state index is -3.45. The summed E-state index contributed by atoms with van der Waals surface area (Å²) in [5.41, 5.74) is 6.78. The highest BCUT2D eigenvalue weighted by Crippen LogP contribution is 2.18. The molecule has 0 saturated heterocycles. The Bertz CT molecular complexity index is 483. The second kappa shape index (κ2) is 5.51. The lowest BCUT2D eigenvalue weighted by Crippen LogP contribution is -2.28. The van der Waals surface area contributed by atoms with Gasteiger partial charge in [0.05, 0.1) is 4.90 Å². The van der Waals surface area contributed by atoms with Gasteiger partial charge in [-0.05, 0) is 30.5 Å². The molecule has 1 aromatic carbocycles. The highest BCUT2D eigenvalue weighted by atomic mass is 32.2. The first-order valence-corrected chi connectivity index (χ1v) is 7.21. The van der Waals surface area contributed by atoms with Gasteiger partial charge in [0.1, 0.15) is 0 Å². The van der Waals surface area contributed by atoms with E-state index in [0.717, 1.165) is 6.42 Å². The van der Waals surface area contributed by atoms with Crippen molar-refractivity contribution in [2.45, 2.75) is 32.1 Å². The summed E-state index contributed by atoms with van der Waals surface area (Å²) in [5, 5.41) is 0. The van der Waals surface area contributed by atoms with Crippen molar-refractivity contribution >= 4 is 15.7 Å². The van der Waals surface area contributed by atoms with Crippen LogP contribution in [0.2, 0.25) is 0 Å². The predicted octanol–water partition coefficient (Wildman–Crippen LogP) is 1.90. The molecule has 0 spiro atoms. The molecule has 3 N–H and O–H groups in total. The lowest BCUT2D eigenvalue weighted by atomic mass is 10.1. The molecule has 1 atom stereocenters. The van der Waals surface area contributed by atoms with Gasteiger partial charge in [-0.2, -0.15) is 0 Å². The van der Waals surface area contributed by atoms with Gasteiger partial charge in [0.2, 0.25) is 10.0 Å². The smallest absolute Gasteiger partial charge is 0.240 e. The number of aryl methyl sites for hydroxylation is 1. The number of benzene rings is 1. The van der Waals surface area contributed by atoms with E-state index >= 15 is 0 Å². The van der Waals surface area contributed by atoms with Crippen molar-refractivity contribution in [1.29, 1.82) is 0 Å². The maximum absolute atomic E-state index is 12.1. The summed E-state index contributed by atoms with van der Waals surface area (Å²) >= 11 is 0. The van der Waals surface area contributed by atoms with Crippen LogP contribution in [-0.4, -0.2) is 15.0 Å². The van der Waals surface area contributed by atoms with Gasteiger partial charge in [0.15, 0.2) is 0 Å². The molecule has 1 aromatic rings. The molecule has 1 unspecified atom stereocenters. The van der Waals surface area contributed by atoms with Crippen molar-refractivity contribution in [2.75, 3.05) is 12.3 Å².